The van der Waals surface area contributed by atoms with Crippen molar-refractivity contribution in [1.82, 2.24) is 0 Å². The van der Waals surface area contributed by atoms with Crippen LogP contribution in [-0.4, -0.2) is 12.5 Å². The van der Waals surface area contributed by atoms with Crippen molar-refractivity contribution in [2.45, 2.75) is 19.3 Å². The average Bonchev–Trinajstić information content (AvgIpc) is 2.71. The highest BCUT2D eigenvalue weighted by atomic mass is 16.2. The highest BCUT2D eigenvalue weighted by molar-refractivity contribution is 5.98. The number of nitrogens with zero attached hydrogens (tertiary/aromatic N) is 1. The third-order valence-corrected chi connectivity index (χ3v) is 2.89. The van der Waals surface area contributed by atoms with Crippen LogP contribution in [0.15, 0.2) is 30.9 Å². The molecule has 1 aliphatic heterocycles. The lowest BCUT2D eigenvalue weighted by atomic mass is 10.1. The summed E-state index contributed by atoms with van der Waals surface area (Å²) in [5, 5.41) is 0. The number of benzene rings is 1. The smallest absolute Gasteiger partial charge is 0.227 e. The van der Waals surface area contributed by atoms with E-state index in [9.17, 15) is 4.79 Å². The minimum atomic E-state index is 0.136. The summed E-state index contributed by atoms with van der Waals surface area (Å²) in [5.74, 6) is 0.136. The molecule has 0 saturated carbocycles. The number of amides is 1. The van der Waals surface area contributed by atoms with Gasteiger partial charge < -0.3 is 10.6 Å². The van der Waals surface area contributed by atoms with Gasteiger partial charge in [0.25, 0.3) is 0 Å². The fraction of sp³-hybridized carbons (Fsp3) is 0.308. The molecule has 1 aliphatic rings. The van der Waals surface area contributed by atoms with E-state index in [-0.39, 0.29) is 5.91 Å². The van der Waals surface area contributed by atoms with E-state index in [0.29, 0.717) is 12.1 Å². The number of rotatable bonds is 3. The van der Waals surface area contributed by atoms with Crippen LogP contribution in [0.2, 0.25) is 0 Å². The second-order valence-electron chi connectivity index (χ2n) is 3.98. The molecule has 0 saturated heterocycles. The van der Waals surface area contributed by atoms with E-state index in [1.54, 1.807) is 11.0 Å². The van der Waals surface area contributed by atoms with Gasteiger partial charge >= 0.3 is 0 Å². The van der Waals surface area contributed by atoms with Crippen LogP contribution in [0.4, 0.5) is 11.4 Å². The molecule has 0 fully saturated rings. The normalized spacial score (nSPS) is 13.6. The molecule has 0 aliphatic carbocycles. The second-order valence-corrected chi connectivity index (χ2v) is 3.98. The number of fused-ring (bicyclic) bond motifs is 1. The zero-order valence-corrected chi connectivity index (χ0v) is 9.28. The van der Waals surface area contributed by atoms with Crippen LogP contribution in [0.3, 0.4) is 0 Å². The van der Waals surface area contributed by atoms with Gasteiger partial charge in [-0.3, -0.25) is 4.79 Å². The first-order valence-corrected chi connectivity index (χ1v) is 5.52. The number of carbonyl (C=O) groups excluding carboxylic acids is 1. The van der Waals surface area contributed by atoms with Crippen molar-refractivity contribution in [2.24, 2.45) is 0 Å². The fourth-order valence-corrected chi connectivity index (χ4v) is 2.10. The first-order chi connectivity index (χ1) is 7.74. The van der Waals surface area contributed by atoms with E-state index in [4.69, 9.17) is 5.73 Å². The molecule has 1 heterocycles. The summed E-state index contributed by atoms with van der Waals surface area (Å²) in [6.07, 6.45) is 3.90. The Morgan fingerprint density at radius 2 is 2.38 bits per heavy atom. The van der Waals surface area contributed by atoms with Crippen LogP contribution in [0.1, 0.15) is 18.4 Å². The molecule has 84 valence electrons. The van der Waals surface area contributed by atoms with Crippen LogP contribution in [-0.2, 0) is 11.2 Å². The molecule has 0 bridgehead atoms. The van der Waals surface area contributed by atoms with Crippen LogP contribution < -0.4 is 10.6 Å². The molecule has 0 spiro atoms. The van der Waals surface area contributed by atoms with Gasteiger partial charge in [0.1, 0.15) is 0 Å². The predicted molar refractivity (Wildman–Crippen MR) is 66.3 cm³/mol. The Balaban J connectivity index is 2.22. The quantitative estimate of drug-likeness (QED) is 0.621. The van der Waals surface area contributed by atoms with E-state index >= 15 is 0 Å². The first-order valence-electron chi connectivity index (χ1n) is 5.52. The van der Waals surface area contributed by atoms with E-state index < -0.39 is 0 Å². The largest absolute Gasteiger partial charge is 0.397 e. The Hall–Kier alpha value is -1.77. The summed E-state index contributed by atoms with van der Waals surface area (Å²) in [6.45, 7) is 4.38. The number of anilines is 2. The van der Waals surface area contributed by atoms with Crippen molar-refractivity contribution >= 4 is 17.3 Å². The Bertz CT molecular complexity index is 426. The van der Waals surface area contributed by atoms with Gasteiger partial charge in [-0.2, -0.15) is 0 Å². The monoisotopic (exact) mass is 216 g/mol. The zero-order valence-electron chi connectivity index (χ0n) is 9.28. The maximum atomic E-state index is 11.9. The van der Waals surface area contributed by atoms with Crippen molar-refractivity contribution in [3.05, 3.63) is 36.4 Å². The van der Waals surface area contributed by atoms with Crippen molar-refractivity contribution < 1.29 is 4.79 Å². The number of allylic oxidation sites excluding steroid dienone is 1. The molecule has 1 amide bonds. The molecule has 2 N–H and O–H groups in total. The second kappa shape index (κ2) is 4.39. The summed E-state index contributed by atoms with van der Waals surface area (Å²) in [5.41, 5.74) is 8.70. The minimum Gasteiger partial charge on any atom is -0.397 e. The van der Waals surface area contributed by atoms with E-state index in [0.717, 1.165) is 25.1 Å². The average molecular weight is 216 g/mol. The van der Waals surface area contributed by atoms with Crippen LogP contribution in [0.5, 0.6) is 0 Å². The molecule has 16 heavy (non-hydrogen) atoms. The van der Waals surface area contributed by atoms with Gasteiger partial charge in [0.2, 0.25) is 5.91 Å². The highest BCUT2D eigenvalue weighted by Crippen LogP contribution is 2.33. The van der Waals surface area contributed by atoms with Gasteiger partial charge in [-0.1, -0.05) is 18.2 Å². The number of nitrogen functional groups attached to an aromatic ring is 1. The number of nitrogens with two attached hydrogens (primary N) is 1. The molecule has 0 unspecified atom stereocenters. The standard InChI is InChI=1S/C13H16N2O/c1-2-3-7-12(16)15-9-8-10-5-4-6-11(14)13(10)15/h2,4-6H,1,3,7-9,14H2. The topological polar surface area (TPSA) is 46.3 Å². The number of hydrogen-bond donors (Lipinski definition) is 1. The molecular formula is C13H16N2O. The molecule has 3 heteroatoms. The molecule has 3 nitrogen and oxygen atoms in total. The lowest BCUT2D eigenvalue weighted by molar-refractivity contribution is -0.118. The first kappa shape index (κ1) is 10.7. The Morgan fingerprint density at radius 3 is 3.12 bits per heavy atom. The Morgan fingerprint density at radius 1 is 1.56 bits per heavy atom. The van der Waals surface area contributed by atoms with Gasteiger partial charge in [-0.05, 0) is 24.5 Å². The van der Waals surface area contributed by atoms with Crippen molar-refractivity contribution in [3.8, 4) is 0 Å². The van der Waals surface area contributed by atoms with Gasteiger partial charge in [0, 0.05) is 13.0 Å². The maximum Gasteiger partial charge on any atom is 0.227 e. The molecule has 0 radical (unpaired) electrons. The summed E-state index contributed by atoms with van der Waals surface area (Å²) < 4.78 is 0. The Kier molecular flexibility index (Phi) is 2.95. The van der Waals surface area contributed by atoms with Crippen LogP contribution >= 0.6 is 0 Å². The summed E-state index contributed by atoms with van der Waals surface area (Å²) in [4.78, 5) is 13.7. The van der Waals surface area contributed by atoms with Crippen molar-refractivity contribution in [3.63, 3.8) is 0 Å². The third kappa shape index (κ3) is 1.81. The molecule has 1 aromatic rings. The highest BCUT2D eigenvalue weighted by Gasteiger charge is 2.25. The number of para-hydroxylation sites is 1. The van der Waals surface area contributed by atoms with Crippen LogP contribution in [0, 0.1) is 0 Å². The maximum absolute atomic E-state index is 11.9. The zero-order chi connectivity index (χ0) is 11.5. The molecular weight excluding hydrogens is 200 g/mol. The predicted octanol–water partition coefficient (Wildman–Crippen LogP) is 2.12. The van der Waals surface area contributed by atoms with Crippen LogP contribution in [0.25, 0.3) is 0 Å². The van der Waals surface area contributed by atoms with Gasteiger partial charge in [-0.25, -0.2) is 0 Å². The van der Waals surface area contributed by atoms with E-state index in [1.807, 2.05) is 18.2 Å². The lowest BCUT2D eigenvalue weighted by Crippen LogP contribution is -2.29. The molecule has 0 aromatic heterocycles. The number of carbonyl (C=O) groups is 1. The third-order valence-electron chi connectivity index (χ3n) is 2.89. The fourth-order valence-electron chi connectivity index (χ4n) is 2.10. The van der Waals surface area contributed by atoms with Gasteiger partial charge in [0.15, 0.2) is 0 Å². The van der Waals surface area contributed by atoms with Crippen molar-refractivity contribution in [2.75, 3.05) is 17.2 Å². The lowest BCUT2D eigenvalue weighted by Gasteiger charge is -2.18. The van der Waals surface area contributed by atoms with E-state index in [2.05, 4.69) is 6.58 Å². The molecule has 2 rings (SSSR count). The SMILES string of the molecule is C=CCCC(=O)N1CCc2cccc(N)c21. The minimum absolute atomic E-state index is 0.136. The summed E-state index contributed by atoms with van der Waals surface area (Å²) in [6, 6.07) is 5.82. The number of hydrogen-bond acceptors (Lipinski definition) is 2. The van der Waals surface area contributed by atoms with Gasteiger partial charge in [0.05, 0.1) is 11.4 Å². The van der Waals surface area contributed by atoms with E-state index in [1.165, 1.54) is 5.56 Å². The Labute approximate surface area is 95.6 Å². The summed E-state index contributed by atoms with van der Waals surface area (Å²) >= 11 is 0. The molecule has 0 atom stereocenters. The van der Waals surface area contributed by atoms with Gasteiger partial charge in [-0.15, -0.1) is 6.58 Å². The van der Waals surface area contributed by atoms with Crippen molar-refractivity contribution in [1.29, 1.82) is 0 Å². The molecule has 1 aromatic carbocycles. The summed E-state index contributed by atoms with van der Waals surface area (Å²) in [7, 11) is 0.